The molecular weight excluding hydrogens is 126 g/mol. The molecule has 0 aromatic heterocycles. The third kappa shape index (κ3) is 2.50. The minimum atomic E-state index is 0.458. The van der Waals surface area contributed by atoms with Gasteiger partial charge < -0.3 is 10.1 Å². The molecular formula is C8H15NO. The van der Waals surface area contributed by atoms with E-state index in [9.17, 15) is 0 Å². The number of hydrogen-bond acceptors (Lipinski definition) is 2. The molecule has 0 radical (unpaired) electrons. The van der Waals surface area contributed by atoms with Gasteiger partial charge in [0.05, 0.1) is 6.10 Å². The first-order valence-corrected chi connectivity index (χ1v) is 3.86. The van der Waals surface area contributed by atoms with E-state index in [2.05, 4.69) is 11.9 Å². The molecule has 10 heavy (non-hydrogen) atoms. The van der Waals surface area contributed by atoms with Crippen molar-refractivity contribution in [3.63, 3.8) is 0 Å². The van der Waals surface area contributed by atoms with E-state index >= 15 is 0 Å². The Bertz CT molecular complexity index is 97.4. The first kappa shape index (κ1) is 7.76. The first-order valence-electron chi connectivity index (χ1n) is 3.86. The Morgan fingerprint density at radius 2 is 2.60 bits per heavy atom. The van der Waals surface area contributed by atoms with Crippen LogP contribution in [0.15, 0.2) is 12.7 Å². The maximum Gasteiger partial charge on any atom is 0.0700 e. The van der Waals surface area contributed by atoms with Gasteiger partial charge in [0.15, 0.2) is 0 Å². The van der Waals surface area contributed by atoms with Crippen molar-refractivity contribution in [2.75, 3.05) is 19.7 Å². The second kappa shape index (κ2) is 4.47. The molecule has 0 spiro atoms. The van der Waals surface area contributed by atoms with Gasteiger partial charge in [-0.25, -0.2) is 0 Å². The third-order valence-electron chi connectivity index (χ3n) is 1.68. The summed E-state index contributed by atoms with van der Waals surface area (Å²) in [5.74, 6) is 0. The minimum Gasteiger partial charge on any atom is -0.377 e. The normalized spacial score (nSPS) is 25.0. The fourth-order valence-electron chi connectivity index (χ4n) is 1.15. The van der Waals surface area contributed by atoms with Crippen LogP contribution in [0.1, 0.15) is 12.8 Å². The monoisotopic (exact) mass is 141 g/mol. The van der Waals surface area contributed by atoms with E-state index in [1.54, 1.807) is 0 Å². The Morgan fingerprint density at radius 3 is 3.20 bits per heavy atom. The van der Waals surface area contributed by atoms with Crippen LogP contribution in [0.4, 0.5) is 0 Å². The fourth-order valence-corrected chi connectivity index (χ4v) is 1.15. The first-order chi connectivity index (χ1) is 4.93. The number of nitrogens with one attached hydrogen (secondary N) is 1. The van der Waals surface area contributed by atoms with Gasteiger partial charge in [0.25, 0.3) is 0 Å². The summed E-state index contributed by atoms with van der Waals surface area (Å²) < 4.78 is 5.40. The summed E-state index contributed by atoms with van der Waals surface area (Å²) in [6.07, 6.45) is 4.76. The molecule has 1 aliphatic heterocycles. The molecule has 0 saturated carbocycles. The Balaban J connectivity index is 1.96. The molecule has 1 N–H and O–H groups in total. The summed E-state index contributed by atoms with van der Waals surface area (Å²) in [5.41, 5.74) is 0. The van der Waals surface area contributed by atoms with E-state index in [1.165, 1.54) is 12.8 Å². The summed E-state index contributed by atoms with van der Waals surface area (Å²) in [7, 11) is 0. The van der Waals surface area contributed by atoms with Gasteiger partial charge in [0.1, 0.15) is 0 Å². The van der Waals surface area contributed by atoms with E-state index in [4.69, 9.17) is 4.74 Å². The highest BCUT2D eigenvalue weighted by atomic mass is 16.5. The lowest BCUT2D eigenvalue weighted by molar-refractivity contribution is 0.111. The van der Waals surface area contributed by atoms with Gasteiger partial charge in [-0.15, -0.1) is 6.58 Å². The number of hydrogen-bond donors (Lipinski definition) is 1. The predicted octanol–water partition coefficient (Wildman–Crippen LogP) is 0.941. The highest BCUT2D eigenvalue weighted by Crippen LogP contribution is 2.10. The molecule has 1 heterocycles. The average Bonchev–Trinajstić information content (AvgIpc) is 2.41. The van der Waals surface area contributed by atoms with Crippen LogP contribution >= 0.6 is 0 Å². The van der Waals surface area contributed by atoms with E-state index in [-0.39, 0.29) is 0 Å². The standard InChI is InChI=1S/C8H15NO/c1-2-5-9-7-8-4-3-6-10-8/h2,8-9H,1,3-7H2/t8-/m0/s1. The Kier molecular flexibility index (Phi) is 3.47. The minimum absolute atomic E-state index is 0.458. The van der Waals surface area contributed by atoms with E-state index in [0.717, 1.165) is 19.7 Å². The van der Waals surface area contributed by atoms with Crippen LogP contribution in [0.5, 0.6) is 0 Å². The highest BCUT2D eigenvalue weighted by Gasteiger charge is 2.13. The second-order valence-corrected chi connectivity index (χ2v) is 2.58. The van der Waals surface area contributed by atoms with Crippen LogP contribution in [0.25, 0.3) is 0 Å². The average molecular weight is 141 g/mol. The molecule has 0 bridgehead atoms. The van der Waals surface area contributed by atoms with Gasteiger partial charge in [0.2, 0.25) is 0 Å². The van der Waals surface area contributed by atoms with Crippen LogP contribution in [0.3, 0.4) is 0 Å². The molecule has 1 saturated heterocycles. The van der Waals surface area contributed by atoms with Gasteiger partial charge >= 0.3 is 0 Å². The van der Waals surface area contributed by atoms with Crippen LogP contribution < -0.4 is 5.32 Å². The molecule has 1 atom stereocenters. The topological polar surface area (TPSA) is 21.3 Å². The van der Waals surface area contributed by atoms with Gasteiger partial charge in [-0.05, 0) is 12.8 Å². The maximum atomic E-state index is 5.40. The van der Waals surface area contributed by atoms with Crippen LogP contribution in [-0.4, -0.2) is 25.8 Å². The molecule has 0 amide bonds. The molecule has 0 aromatic rings. The zero-order valence-corrected chi connectivity index (χ0v) is 6.31. The van der Waals surface area contributed by atoms with Crippen LogP contribution in [0.2, 0.25) is 0 Å². The lowest BCUT2D eigenvalue weighted by Crippen LogP contribution is -2.26. The van der Waals surface area contributed by atoms with Crippen molar-refractivity contribution in [2.45, 2.75) is 18.9 Å². The number of rotatable bonds is 4. The molecule has 1 fully saturated rings. The second-order valence-electron chi connectivity index (χ2n) is 2.58. The van der Waals surface area contributed by atoms with Crippen molar-refractivity contribution in [3.8, 4) is 0 Å². The van der Waals surface area contributed by atoms with E-state index in [0.29, 0.717) is 6.10 Å². The summed E-state index contributed by atoms with van der Waals surface area (Å²) in [4.78, 5) is 0. The lowest BCUT2D eigenvalue weighted by Gasteiger charge is -2.08. The zero-order valence-electron chi connectivity index (χ0n) is 6.31. The summed E-state index contributed by atoms with van der Waals surface area (Å²) in [6.45, 7) is 6.43. The smallest absolute Gasteiger partial charge is 0.0700 e. The molecule has 0 aliphatic carbocycles. The number of ether oxygens (including phenoxy) is 1. The van der Waals surface area contributed by atoms with Crippen molar-refractivity contribution in [2.24, 2.45) is 0 Å². The van der Waals surface area contributed by atoms with Crippen molar-refractivity contribution in [1.29, 1.82) is 0 Å². The molecule has 0 aromatic carbocycles. The van der Waals surface area contributed by atoms with Gasteiger partial charge in [-0.3, -0.25) is 0 Å². The van der Waals surface area contributed by atoms with Crippen LogP contribution in [0, 0.1) is 0 Å². The molecule has 2 heteroatoms. The van der Waals surface area contributed by atoms with Crippen LogP contribution in [-0.2, 0) is 4.74 Å². The van der Waals surface area contributed by atoms with Crippen molar-refractivity contribution in [1.82, 2.24) is 5.32 Å². The van der Waals surface area contributed by atoms with E-state index < -0.39 is 0 Å². The quantitative estimate of drug-likeness (QED) is 0.464. The molecule has 1 aliphatic rings. The Hall–Kier alpha value is -0.340. The molecule has 58 valence electrons. The van der Waals surface area contributed by atoms with Crippen molar-refractivity contribution in [3.05, 3.63) is 12.7 Å². The summed E-state index contributed by atoms with van der Waals surface area (Å²) in [5, 5.41) is 3.23. The molecule has 0 unspecified atom stereocenters. The largest absolute Gasteiger partial charge is 0.377 e. The zero-order chi connectivity index (χ0) is 7.23. The summed E-state index contributed by atoms with van der Waals surface area (Å²) in [6, 6.07) is 0. The SMILES string of the molecule is C=CCNC[C@@H]1CCCO1. The predicted molar refractivity (Wildman–Crippen MR) is 42.0 cm³/mol. The maximum absolute atomic E-state index is 5.40. The van der Waals surface area contributed by atoms with Crippen molar-refractivity contribution >= 4 is 0 Å². The van der Waals surface area contributed by atoms with Gasteiger partial charge in [0, 0.05) is 19.7 Å². The molecule has 2 nitrogen and oxygen atoms in total. The van der Waals surface area contributed by atoms with Gasteiger partial charge in [-0.2, -0.15) is 0 Å². The Labute approximate surface area is 62.3 Å². The van der Waals surface area contributed by atoms with Crippen molar-refractivity contribution < 1.29 is 4.74 Å². The van der Waals surface area contributed by atoms with Gasteiger partial charge in [-0.1, -0.05) is 6.08 Å². The lowest BCUT2D eigenvalue weighted by atomic mass is 10.2. The summed E-state index contributed by atoms with van der Waals surface area (Å²) >= 11 is 0. The fraction of sp³-hybridized carbons (Fsp3) is 0.750. The third-order valence-corrected chi connectivity index (χ3v) is 1.68. The van der Waals surface area contributed by atoms with E-state index in [1.807, 2.05) is 6.08 Å². The highest BCUT2D eigenvalue weighted by molar-refractivity contribution is 4.73. The molecule has 1 rings (SSSR count). The Morgan fingerprint density at radius 1 is 1.70 bits per heavy atom.